The van der Waals surface area contributed by atoms with Crippen LogP contribution in [0.15, 0.2) is 11.3 Å². The van der Waals surface area contributed by atoms with Crippen LogP contribution in [0.3, 0.4) is 0 Å². The van der Waals surface area contributed by atoms with E-state index in [1.807, 2.05) is 6.92 Å². The summed E-state index contributed by atoms with van der Waals surface area (Å²) >= 11 is 1.58. The Labute approximate surface area is 91.6 Å². The summed E-state index contributed by atoms with van der Waals surface area (Å²) in [4.78, 5) is 24.5. The summed E-state index contributed by atoms with van der Waals surface area (Å²) < 4.78 is 4.66. The molecule has 2 heterocycles. The number of fused-ring (bicyclic) bond motifs is 1. The highest BCUT2D eigenvalue weighted by molar-refractivity contribution is 8.00. The Kier molecular flexibility index (Phi) is 2.47. The van der Waals surface area contributed by atoms with Crippen molar-refractivity contribution in [2.45, 2.75) is 18.3 Å². The number of carbonyl (C=O) groups is 2. The van der Waals surface area contributed by atoms with Gasteiger partial charge in [-0.2, -0.15) is 0 Å². The number of amides is 1. The molecule has 0 aromatic carbocycles. The minimum atomic E-state index is -0.484. The summed E-state index contributed by atoms with van der Waals surface area (Å²) in [5.74, 6) is 0.0528. The maximum Gasteiger partial charge on any atom is 0.354 e. The van der Waals surface area contributed by atoms with E-state index < -0.39 is 12.0 Å². The van der Waals surface area contributed by atoms with Crippen molar-refractivity contribution >= 4 is 23.6 Å². The van der Waals surface area contributed by atoms with E-state index in [2.05, 4.69) is 4.74 Å². The van der Waals surface area contributed by atoms with Crippen molar-refractivity contribution < 1.29 is 14.3 Å². The Hall–Kier alpha value is -1.01. The molecular formula is C9H12N2O3S. The number of nitrogens with two attached hydrogens (primary N) is 1. The summed E-state index contributed by atoms with van der Waals surface area (Å²) in [6.45, 7) is 1.83. The molecule has 2 aliphatic heterocycles. The largest absolute Gasteiger partial charge is 0.464 e. The lowest BCUT2D eigenvalue weighted by Crippen LogP contribution is -2.68. The van der Waals surface area contributed by atoms with Gasteiger partial charge in [-0.15, -0.1) is 11.8 Å². The molecule has 0 spiro atoms. The first-order chi connectivity index (χ1) is 7.07. The summed E-state index contributed by atoms with van der Waals surface area (Å²) in [5, 5.41) is -0.102. The van der Waals surface area contributed by atoms with Crippen molar-refractivity contribution in [2.75, 3.05) is 12.9 Å². The fraction of sp³-hybridized carbons (Fsp3) is 0.556. The molecule has 2 atom stereocenters. The first-order valence-corrected chi connectivity index (χ1v) is 5.61. The molecule has 0 bridgehead atoms. The second kappa shape index (κ2) is 3.53. The molecule has 6 heteroatoms. The monoisotopic (exact) mass is 228 g/mol. The molecule has 2 rings (SSSR count). The van der Waals surface area contributed by atoms with E-state index in [0.717, 1.165) is 5.57 Å². The number of carbonyl (C=O) groups excluding carboxylic acids is 2. The predicted molar refractivity (Wildman–Crippen MR) is 55.8 cm³/mol. The van der Waals surface area contributed by atoms with Gasteiger partial charge in [0.1, 0.15) is 17.1 Å². The highest BCUT2D eigenvalue weighted by Crippen LogP contribution is 2.39. The minimum Gasteiger partial charge on any atom is -0.464 e. The van der Waals surface area contributed by atoms with Crippen LogP contribution in [0.2, 0.25) is 0 Å². The lowest BCUT2D eigenvalue weighted by molar-refractivity contribution is -0.149. The van der Waals surface area contributed by atoms with Gasteiger partial charge in [0.15, 0.2) is 0 Å². The highest BCUT2D eigenvalue weighted by atomic mass is 32.2. The van der Waals surface area contributed by atoms with Crippen LogP contribution in [-0.2, 0) is 14.3 Å². The Balaban J connectivity index is 2.33. The average Bonchev–Trinajstić information content (AvgIpc) is 2.26. The second-order valence-corrected chi connectivity index (χ2v) is 4.66. The lowest BCUT2D eigenvalue weighted by atomic mass is 10.0. The number of hydrogen-bond donors (Lipinski definition) is 1. The zero-order valence-electron chi connectivity index (χ0n) is 8.52. The minimum absolute atomic E-state index is 0.102. The number of ether oxygens (including phenoxy) is 1. The first kappa shape index (κ1) is 10.5. The molecule has 0 aromatic rings. The van der Waals surface area contributed by atoms with Gasteiger partial charge >= 0.3 is 5.97 Å². The van der Waals surface area contributed by atoms with Crippen LogP contribution in [-0.4, -0.2) is 41.1 Å². The number of β-lactam (4-membered cyclic amide) rings is 1. The maximum absolute atomic E-state index is 11.5. The normalized spacial score (nSPS) is 29.8. The zero-order valence-corrected chi connectivity index (χ0v) is 9.34. The Bertz CT molecular complexity index is 366. The molecule has 0 aromatic heterocycles. The molecule has 0 saturated carbocycles. The van der Waals surface area contributed by atoms with Gasteiger partial charge < -0.3 is 10.5 Å². The van der Waals surface area contributed by atoms with Crippen LogP contribution < -0.4 is 5.73 Å². The van der Waals surface area contributed by atoms with Crippen molar-refractivity contribution in [1.29, 1.82) is 0 Å². The summed E-state index contributed by atoms with van der Waals surface area (Å²) in [6, 6.07) is -0.484. The van der Waals surface area contributed by atoms with Crippen molar-refractivity contribution in [3.05, 3.63) is 11.3 Å². The summed E-state index contributed by atoms with van der Waals surface area (Å²) in [6.07, 6.45) is 0. The van der Waals surface area contributed by atoms with Crippen LogP contribution in [0.1, 0.15) is 6.92 Å². The van der Waals surface area contributed by atoms with Gasteiger partial charge in [-0.3, -0.25) is 9.69 Å². The van der Waals surface area contributed by atoms with E-state index in [9.17, 15) is 9.59 Å². The van der Waals surface area contributed by atoms with E-state index >= 15 is 0 Å². The zero-order chi connectivity index (χ0) is 11.2. The molecule has 2 N–H and O–H groups in total. The predicted octanol–water partition coefficient (Wildman–Crippen LogP) is -0.324. The first-order valence-electron chi connectivity index (χ1n) is 4.56. The summed E-state index contributed by atoms with van der Waals surface area (Å²) in [5.41, 5.74) is 6.87. The van der Waals surface area contributed by atoms with Crippen molar-refractivity contribution in [3.8, 4) is 0 Å². The molecule has 1 amide bonds. The molecule has 0 radical (unpaired) electrons. The average molecular weight is 228 g/mol. The molecule has 0 aliphatic carbocycles. The van der Waals surface area contributed by atoms with E-state index in [0.29, 0.717) is 11.4 Å². The molecule has 0 unspecified atom stereocenters. The van der Waals surface area contributed by atoms with Gasteiger partial charge in [0, 0.05) is 5.75 Å². The van der Waals surface area contributed by atoms with Crippen LogP contribution in [0.5, 0.6) is 0 Å². The Morgan fingerprint density at radius 1 is 1.67 bits per heavy atom. The molecule has 82 valence electrons. The fourth-order valence-electron chi connectivity index (χ4n) is 1.76. The van der Waals surface area contributed by atoms with Gasteiger partial charge in [-0.25, -0.2) is 4.79 Å². The van der Waals surface area contributed by atoms with Gasteiger partial charge in [-0.1, -0.05) is 0 Å². The van der Waals surface area contributed by atoms with Crippen LogP contribution in [0, 0.1) is 0 Å². The van der Waals surface area contributed by atoms with E-state index in [4.69, 9.17) is 5.73 Å². The van der Waals surface area contributed by atoms with Crippen molar-refractivity contribution in [3.63, 3.8) is 0 Å². The van der Waals surface area contributed by atoms with E-state index in [1.165, 1.54) is 12.0 Å². The number of esters is 1. The third kappa shape index (κ3) is 1.36. The van der Waals surface area contributed by atoms with Gasteiger partial charge in [0.05, 0.1) is 7.11 Å². The Morgan fingerprint density at radius 2 is 2.33 bits per heavy atom. The topological polar surface area (TPSA) is 72.6 Å². The molecule has 15 heavy (non-hydrogen) atoms. The highest BCUT2D eigenvalue weighted by Gasteiger charge is 2.51. The SMILES string of the molecule is COC(=O)C1=C(C)CS[C@@H]2[C@@H](N)C(=O)N12. The molecular weight excluding hydrogens is 216 g/mol. The van der Waals surface area contributed by atoms with Crippen molar-refractivity contribution in [1.82, 2.24) is 4.90 Å². The Morgan fingerprint density at radius 3 is 2.93 bits per heavy atom. The molecule has 2 aliphatic rings. The summed E-state index contributed by atoms with van der Waals surface area (Å²) in [7, 11) is 1.31. The van der Waals surface area contributed by atoms with Gasteiger partial charge in [0.25, 0.3) is 0 Å². The molecule has 1 fully saturated rings. The van der Waals surface area contributed by atoms with Crippen LogP contribution >= 0.6 is 11.8 Å². The number of methoxy groups -OCH3 is 1. The third-order valence-electron chi connectivity index (χ3n) is 2.58. The maximum atomic E-state index is 11.5. The lowest BCUT2D eigenvalue weighted by Gasteiger charge is -2.47. The number of thioether (sulfide) groups is 1. The number of hydrogen-bond acceptors (Lipinski definition) is 5. The van der Waals surface area contributed by atoms with Crippen LogP contribution in [0.25, 0.3) is 0 Å². The van der Waals surface area contributed by atoms with E-state index in [-0.39, 0.29) is 11.3 Å². The van der Waals surface area contributed by atoms with Crippen molar-refractivity contribution in [2.24, 2.45) is 5.73 Å². The van der Waals surface area contributed by atoms with E-state index in [1.54, 1.807) is 11.8 Å². The standard InChI is InChI=1S/C9H12N2O3S/c1-4-3-15-8-5(10)7(12)11(8)6(4)9(13)14-2/h5,8H,3,10H2,1-2H3/t5-,8+/m0/s1. The molecule has 5 nitrogen and oxygen atoms in total. The second-order valence-electron chi connectivity index (χ2n) is 3.56. The van der Waals surface area contributed by atoms with Crippen LogP contribution in [0.4, 0.5) is 0 Å². The van der Waals surface area contributed by atoms with Gasteiger partial charge in [-0.05, 0) is 12.5 Å². The quantitative estimate of drug-likeness (QED) is 0.491. The molecule has 1 saturated heterocycles. The number of nitrogens with zero attached hydrogens (tertiary/aromatic N) is 1. The van der Waals surface area contributed by atoms with Gasteiger partial charge in [0.2, 0.25) is 5.91 Å². The fourth-order valence-corrected chi connectivity index (χ4v) is 3.00. The number of rotatable bonds is 1. The smallest absolute Gasteiger partial charge is 0.354 e. The third-order valence-corrected chi connectivity index (χ3v) is 4.02.